The zero-order chi connectivity index (χ0) is 32.3. The first-order chi connectivity index (χ1) is 20.8. The van der Waals surface area contributed by atoms with E-state index in [0.29, 0.717) is 10.9 Å². The van der Waals surface area contributed by atoms with Crippen molar-refractivity contribution in [2.24, 2.45) is 15.9 Å². The van der Waals surface area contributed by atoms with E-state index in [9.17, 15) is 4.79 Å². The molecular formula is C36H43ClN4O3. The summed E-state index contributed by atoms with van der Waals surface area (Å²) in [6.07, 6.45) is 0. The lowest BCUT2D eigenvalue weighted by molar-refractivity contribution is -0.127. The van der Waals surface area contributed by atoms with Gasteiger partial charge in [-0.2, -0.15) is 5.10 Å². The Kier molecular flexibility index (Phi) is 11.8. The minimum atomic E-state index is -0.461. The minimum absolute atomic E-state index is 0.0836. The van der Waals surface area contributed by atoms with Gasteiger partial charge in [-0.05, 0) is 46.5 Å². The molecule has 0 aliphatic rings. The zero-order valence-corrected chi connectivity index (χ0v) is 27.5. The smallest absolute Gasteiger partial charge is 0.243 e. The molecule has 0 unspecified atom stereocenters. The summed E-state index contributed by atoms with van der Waals surface area (Å²) in [7, 11) is 3.24. The Morgan fingerprint density at radius 3 is 1.52 bits per heavy atom. The van der Waals surface area contributed by atoms with Gasteiger partial charge in [0.2, 0.25) is 5.91 Å². The number of amides is 1. The van der Waals surface area contributed by atoms with Gasteiger partial charge in [0, 0.05) is 10.8 Å². The van der Waals surface area contributed by atoms with Crippen LogP contribution in [0.1, 0.15) is 41.5 Å². The molecule has 0 atom stereocenters. The van der Waals surface area contributed by atoms with Gasteiger partial charge in [0.05, 0.1) is 25.6 Å². The van der Waals surface area contributed by atoms with Crippen molar-refractivity contribution in [1.82, 2.24) is 5.43 Å². The second-order valence-electron chi connectivity index (χ2n) is 12.2. The highest BCUT2D eigenvalue weighted by Gasteiger charge is 2.21. The summed E-state index contributed by atoms with van der Waals surface area (Å²) >= 11 is 6.21. The summed E-state index contributed by atoms with van der Waals surface area (Å²) < 4.78 is 10.7. The number of nitrogens with one attached hydrogen (secondary N) is 3. The molecule has 0 aliphatic heterocycles. The third-order valence-corrected chi connectivity index (χ3v) is 7.15. The maximum Gasteiger partial charge on any atom is 0.243 e. The second-order valence-corrected chi connectivity index (χ2v) is 12.5. The Hall–Kier alpha value is -4.49. The van der Waals surface area contributed by atoms with E-state index in [1.807, 2.05) is 126 Å². The minimum Gasteiger partial charge on any atom is -0.495 e. The van der Waals surface area contributed by atoms with E-state index in [1.165, 1.54) is 0 Å². The summed E-state index contributed by atoms with van der Waals surface area (Å²) in [6.45, 7) is 11.6. The molecule has 0 saturated heterocycles. The molecule has 4 aromatic rings. The molecule has 4 rings (SSSR count). The van der Waals surface area contributed by atoms with Gasteiger partial charge in [-0.1, -0.05) is 126 Å². The van der Waals surface area contributed by atoms with Crippen molar-refractivity contribution in [3.8, 4) is 33.8 Å². The molecule has 232 valence electrons. The van der Waals surface area contributed by atoms with E-state index in [-0.39, 0.29) is 11.3 Å². The zero-order valence-electron chi connectivity index (χ0n) is 26.8. The number of hydrazine groups is 1. The number of carbonyl (C=O) groups is 1. The number of benzene rings is 4. The van der Waals surface area contributed by atoms with Crippen molar-refractivity contribution in [2.75, 3.05) is 25.1 Å². The first kappa shape index (κ1) is 34.0. The lowest BCUT2D eigenvalue weighted by atomic mass is 9.96. The van der Waals surface area contributed by atoms with E-state index in [1.54, 1.807) is 14.2 Å². The summed E-state index contributed by atoms with van der Waals surface area (Å²) in [5.41, 5.74) is 13.9. The number of hydrogen-bond acceptors (Lipinski definition) is 6. The Bertz CT molecular complexity index is 1540. The Labute approximate surface area is 266 Å². The fourth-order valence-electron chi connectivity index (χ4n) is 3.81. The summed E-state index contributed by atoms with van der Waals surface area (Å²) in [4.78, 5) is 12.0. The first-order valence-electron chi connectivity index (χ1n) is 14.4. The van der Waals surface area contributed by atoms with E-state index >= 15 is 0 Å². The normalized spacial score (nSPS) is 11.5. The Morgan fingerprint density at radius 2 is 1.09 bits per heavy atom. The number of nitrogens with zero attached hydrogens (tertiary/aromatic N) is 1. The maximum absolute atomic E-state index is 12.0. The van der Waals surface area contributed by atoms with Crippen LogP contribution in [0.3, 0.4) is 0 Å². The van der Waals surface area contributed by atoms with Crippen molar-refractivity contribution in [1.29, 1.82) is 0 Å². The van der Waals surface area contributed by atoms with Crippen LogP contribution in [0.25, 0.3) is 22.3 Å². The molecule has 0 bridgehead atoms. The summed E-state index contributed by atoms with van der Waals surface area (Å²) in [5.74, 6) is 1.32. The second kappa shape index (κ2) is 15.3. The maximum atomic E-state index is 12.0. The molecule has 0 aromatic heterocycles. The standard InChI is InChI=1S/C18H21ClN2O.C18H22N2O2/c1-18(2,3)17(19)21-20-15-12-14(10-11-16(15)22-4)13-8-6-5-7-9-13;1-18(2,3)17(21)20-19-15-12-14(10-11-16(15)22-4)13-8-6-5-7-9-13/h5-12,20H,1-4H3;5-12,19H,1-4H3,(H,20,21)/b21-17+;. The van der Waals surface area contributed by atoms with E-state index in [4.69, 9.17) is 21.1 Å². The van der Waals surface area contributed by atoms with Gasteiger partial charge >= 0.3 is 0 Å². The van der Waals surface area contributed by atoms with Crippen LogP contribution < -0.4 is 25.8 Å². The van der Waals surface area contributed by atoms with Gasteiger partial charge in [-0.15, -0.1) is 0 Å². The molecule has 0 radical (unpaired) electrons. The summed E-state index contributed by atoms with van der Waals surface area (Å²) in [5, 5.41) is 4.77. The van der Waals surface area contributed by atoms with Crippen LogP contribution in [0.5, 0.6) is 11.5 Å². The first-order valence-corrected chi connectivity index (χ1v) is 14.7. The Balaban J connectivity index is 0.000000240. The van der Waals surface area contributed by atoms with Crippen LogP contribution in [0.4, 0.5) is 11.4 Å². The number of ether oxygens (including phenoxy) is 2. The van der Waals surface area contributed by atoms with Crippen LogP contribution in [0.15, 0.2) is 102 Å². The number of methoxy groups -OCH3 is 2. The average Bonchev–Trinajstić information content (AvgIpc) is 3.02. The lowest BCUT2D eigenvalue weighted by Crippen LogP contribution is -2.38. The van der Waals surface area contributed by atoms with Crippen molar-refractivity contribution >= 4 is 34.1 Å². The topological polar surface area (TPSA) is 84.0 Å². The fraction of sp³-hybridized carbons (Fsp3) is 0.278. The largest absolute Gasteiger partial charge is 0.495 e. The number of rotatable bonds is 8. The molecule has 44 heavy (non-hydrogen) atoms. The molecule has 1 amide bonds. The van der Waals surface area contributed by atoms with Gasteiger partial charge in [-0.3, -0.25) is 21.1 Å². The van der Waals surface area contributed by atoms with E-state index < -0.39 is 5.41 Å². The Morgan fingerprint density at radius 1 is 0.636 bits per heavy atom. The molecule has 0 aliphatic carbocycles. The van der Waals surface area contributed by atoms with Gasteiger partial charge in [0.15, 0.2) is 0 Å². The van der Waals surface area contributed by atoms with Crippen LogP contribution in [0.2, 0.25) is 0 Å². The molecule has 4 aromatic carbocycles. The molecule has 7 nitrogen and oxygen atoms in total. The van der Waals surface area contributed by atoms with Crippen LogP contribution in [-0.2, 0) is 4.79 Å². The highest BCUT2D eigenvalue weighted by molar-refractivity contribution is 6.66. The number of anilines is 2. The molecule has 0 fully saturated rings. The SMILES string of the molecule is COc1ccc(-c2ccccc2)cc1N/N=C(/Cl)C(C)(C)C.COc1ccc(-c2ccccc2)cc1NNC(=O)C(C)(C)C. The highest BCUT2D eigenvalue weighted by atomic mass is 35.5. The van der Waals surface area contributed by atoms with Gasteiger partial charge < -0.3 is 9.47 Å². The third-order valence-electron chi connectivity index (χ3n) is 6.50. The predicted octanol–water partition coefficient (Wildman–Crippen LogP) is 9.22. The summed E-state index contributed by atoms with van der Waals surface area (Å²) in [6, 6.07) is 32.0. The molecule has 0 spiro atoms. The molecule has 8 heteroatoms. The number of hydrogen-bond donors (Lipinski definition) is 3. The fourth-order valence-corrected chi connectivity index (χ4v) is 3.85. The predicted molar refractivity (Wildman–Crippen MR) is 184 cm³/mol. The van der Waals surface area contributed by atoms with E-state index in [0.717, 1.165) is 39.4 Å². The van der Waals surface area contributed by atoms with Crippen LogP contribution in [0, 0.1) is 10.8 Å². The number of halogens is 1. The molecule has 3 N–H and O–H groups in total. The average molecular weight is 615 g/mol. The third kappa shape index (κ3) is 9.78. The number of hydrazone groups is 1. The van der Waals surface area contributed by atoms with Gasteiger partial charge in [-0.25, -0.2) is 0 Å². The highest BCUT2D eigenvalue weighted by Crippen LogP contribution is 2.32. The van der Waals surface area contributed by atoms with Crippen molar-refractivity contribution in [3.63, 3.8) is 0 Å². The molecule has 0 heterocycles. The molecule has 0 saturated carbocycles. The van der Waals surface area contributed by atoms with Crippen molar-refractivity contribution in [2.45, 2.75) is 41.5 Å². The molecular weight excluding hydrogens is 572 g/mol. The van der Waals surface area contributed by atoms with Crippen molar-refractivity contribution < 1.29 is 14.3 Å². The quantitative estimate of drug-likeness (QED) is 0.136. The van der Waals surface area contributed by atoms with E-state index in [2.05, 4.69) is 33.5 Å². The lowest BCUT2D eigenvalue weighted by Gasteiger charge is -2.20. The van der Waals surface area contributed by atoms with Crippen LogP contribution in [-0.4, -0.2) is 25.3 Å². The number of carbonyl (C=O) groups excluding carboxylic acids is 1. The van der Waals surface area contributed by atoms with Crippen molar-refractivity contribution in [3.05, 3.63) is 97.1 Å². The monoisotopic (exact) mass is 614 g/mol. The van der Waals surface area contributed by atoms with Gasteiger partial charge in [0.25, 0.3) is 0 Å². The van der Waals surface area contributed by atoms with Gasteiger partial charge in [0.1, 0.15) is 16.7 Å². The van der Waals surface area contributed by atoms with Crippen LogP contribution >= 0.6 is 11.6 Å².